The fraction of sp³-hybridized carbons (Fsp3) is 0.500. The van der Waals surface area contributed by atoms with Gasteiger partial charge in [0.1, 0.15) is 13.2 Å². The highest BCUT2D eigenvalue weighted by Gasteiger charge is 2.14. The highest BCUT2D eigenvalue weighted by molar-refractivity contribution is 5.56. The Morgan fingerprint density at radius 1 is 1.29 bits per heavy atom. The molecule has 0 aliphatic carbocycles. The number of aliphatic hydroxyl groups excluding tert-OH is 2. The Morgan fingerprint density at radius 2 is 2.00 bits per heavy atom. The number of hydrogen-bond donors (Lipinski definition) is 2. The first kappa shape index (κ1) is 12.0. The van der Waals surface area contributed by atoms with Gasteiger partial charge < -0.3 is 24.6 Å². The van der Waals surface area contributed by atoms with Gasteiger partial charge in [0.15, 0.2) is 11.5 Å². The van der Waals surface area contributed by atoms with Crippen LogP contribution >= 0.6 is 0 Å². The predicted octanol–water partition coefficient (Wildman–Crippen LogP) is 0.247. The molecule has 2 N–H and O–H groups in total. The summed E-state index contributed by atoms with van der Waals surface area (Å²) in [5.41, 5.74) is 0.918. The van der Waals surface area contributed by atoms with Crippen LogP contribution in [-0.4, -0.2) is 49.7 Å². The van der Waals surface area contributed by atoms with Crippen LogP contribution < -0.4 is 14.4 Å². The SMILES string of the molecule is CN(CC(O)CO)c1ccc2c(c1)OCCO2. The van der Waals surface area contributed by atoms with E-state index < -0.39 is 6.10 Å². The Kier molecular flexibility index (Phi) is 3.71. The molecule has 5 heteroatoms. The second kappa shape index (κ2) is 5.25. The Balaban J connectivity index is 2.10. The maximum Gasteiger partial charge on any atom is 0.163 e. The molecule has 0 radical (unpaired) electrons. The Morgan fingerprint density at radius 3 is 2.71 bits per heavy atom. The third-order valence-corrected chi connectivity index (χ3v) is 2.66. The number of fused-ring (bicyclic) bond motifs is 1. The lowest BCUT2D eigenvalue weighted by Gasteiger charge is -2.24. The van der Waals surface area contributed by atoms with Gasteiger partial charge in [-0.15, -0.1) is 0 Å². The minimum atomic E-state index is -0.742. The van der Waals surface area contributed by atoms with Crippen LogP contribution in [-0.2, 0) is 0 Å². The van der Waals surface area contributed by atoms with Crippen molar-refractivity contribution >= 4 is 5.69 Å². The molecule has 0 spiro atoms. The number of anilines is 1. The summed E-state index contributed by atoms with van der Waals surface area (Å²) in [6.45, 7) is 1.26. The summed E-state index contributed by atoms with van der Waals surface area (Å²) in [5, 5.41) is 18.2. The van der Waals surface area contributed by atoms with E-state index in [4.69, 9.17) is 14.6 Å². The van der Waals surface area contributed by atoms with Crippen molar-refractivity contribution in [3.8, 4) is 11.5 Å². The van der Waals surface area contributed by atoms with E-state index in [1.165, 1.54) is 0 Å². The minimum absolute atomic E-state index is 0.241. The zero-order valence-electron chi connectivity index (χ0n) is 9.80. The molecule has 0 aromatic heterocycles. The van der Waals surface area contributed by atoms with Crippen LogP contribution in [0, 0.1) is 0 Å². The quantitative estimate of drug-likeness (QED) is 0.788. The van der Waals surface area contributed by atoms with Gasteiger partial charge in [-0.3, -0.25) is 0 Å². The molecule has 2 rings (SSSR count). The lowest BCUT2D eigenvalue weighted by molar-refractivity contribution is 0.101. The van der Waals surface area contributed by atoms with Crippen molar-refractivity contribution in [1.82, 2.24) is 0 Å². The van der Waals surface area contributed by atoms with Crippen molar-refractivity contribution in [2.24, 2.45) is 0 Å². The number of likely N-dealkylation sites (N-methyl/N-ethyl adjacent to an activating group) is 1. The van der Waals surface area contributed by atoms with E-state index >= 15 is 0 Å². The maximum atomic E-state index is 9.38. The predicted molar refractivity (Wildman–Crippen MR) is 63.8 cm³/mol. The third-order valence-electron chi connectivity index (χ3n) is 2.66. The van der Waals surface area contributed by atoms with Crippen molar-refractivity contribution < 1.29 is 19.7 Å². The van der Waals surface area contributed by atoms with E-state index in [1.54, 1.807) is 0 Å². The average Bonchev–Trinajstić information content (AvgIpc) is 2.38. The van der Waals surface area contributed by atoms with E-state index in [0.717, 1.165) is 17.2 Å². The van der Waals surface area contributed by atoms with Crippen molar-refractivity contribution in [2.45, 2.75) is 6.10 Å². The van der Waals surface area contributed by atoms with Gasteiger partial charge in [-0.05, 0) is 12.1 Å². The van der Waals surface area contributed by atoms with Crippen molar-refractivity contribution in [3.05, 3.63) is 18.2 Å². The van der Waals surface area contributed by atoms with Crippen LogP contribution in [0.3, 0.4) is 0 Å². The van der Waals surface area contributed by atoms with Crippen molar-refractivity contribution in [3.63, 3.8) is 0 Å². The first-order chi connectivity index (χ1) is 8.20. The van der Waals surface area contributed by atoms with Crippen LogP contribution in [0.2, 0.25) is 0 Å². The highest BCUT2D eigenvalue weighted by atomic mass is 16.6. The Bertz CT molecular complexity index is 383. The maximum absolute atomic E-state index is 9.38. The Labute approximate surface area is 100 Å². The molecule has 1 aliphatic rings. The first-order valence-corrected chi connectivity index (χ1v) is 5.60. The summed E-state index contributed by atoms with van der Waals surface area (Å²) in [7, 11) is 1.85. The minimum Gasteiger partial charge on any atom is -0.486 e. The van der Waals surface area contributed by atoms with Gasteiger partial charge in [0, 0.05) is 25.3 Å². The normalized spacial score (nSPS) is 15.5. The second-order valence-corrected chi connectivity index (χ2v) is 4.04. The lowest BCUT2D eigenvalue weighted by atomic mass is 10.2. The lowest BCUT2D eigenvalue weighted by Crippen LogP contribution is -2.31. The standard InChI is InChI=1S/C12H17NO4/c1-13(7-10(15)8-14)9-2-3-11-12(6-9)17-5-4-16-11/h2-3,6,10,14-15H,4-5,7-8H2,1H3. The fourth-order valence-corrected chi connectivity index (χ4v) is 1.75. The molecule has 0 fully saturated rings. The molecule has 1 aliphatic heterocycles. The zero-order valence-corrected chi connectivity index (χ0v) is 9.80. The molecule has 0 bridgehead atoms. The Hall–Kier alpha value is -1.46. The molecule has 0 saturated carbocycles. The summed E-state index contributed by atoms with van der Waals surface area (Å²) in [6, 6.07) is 5.63. The van der Waals surface area contributed by atoms with E-state index in [1.807, 2.05) is 30.1 Å². The summed E-state index contributed by atoms with van der Waals surface area (Å²) in [6.07, 6.45) is -0.742. The van der Waals surface area contributed by atoms with Crippen LogP contribution in [0.25, 0.3) is 0 Å². The number of ether oxygens (including phenoxy) is 2. The number of nitrogens with zero attached hydrogens (tertiary/aromatic N) is 1. The average molecular weight is 239 g/mol. The summed E-state index contributed by atoms with van der Waals surface area (Å²) in [5.74, 6) is 1.47. The second-order valence-electron chi connectivity index (χ2n) is 4.04. The van der Waals surface area contributed by atoms with E-state index in [2.05, 4.69) is 0 Å². The number of aliphatic hydroxyl groups is 2. The van der Waals surface area contributed by atoms with E-state index in [0.29, 0.717) is 19.8 Å². The molecule has 0 amide bonds. The molecule has 17 heavy (non-hydrogen) atoms. The van der Waals surface area contributed by atoms with Crippen molar-refractivity contribution in [2.75, 3.05) is 38.3 Å². The van der Waals surface area contributed by atoms with Crippen LogP contribution in [0.5, 0.6) is 11.5 Å². The van der Waals surface area contributed by atoms with Crippen LogP contribution in [0.4, 0.5) is 5.69 Å². The van der Waals surface area contributed by atoms with Gasteiger partial charge >= 0.3 is 0 Å². The van der Waals surface area contributed by atoms with E-state index in [9.17, 15) is 5.11 Å². The molecule has 94 valence electrons. The van der Waals surface area contributed by atoms with Gasteiger partial charge in [0.2, 0.25) is 0 Å². The molecule has 1 unspecified atom stereocenters. The number of hydrogen-bond acceptors (Lipinski definition) is 5. The third kappa shape index (κ3) is 2.81. The summed E-state index contributed by atoms with van der Waals surface area (Å²) in [4.78, 5) is 1.86. The highest BCUT2D eigenvalue weighted by Crippen LogP contribution is 2.33. The summed E-state index contributed by atoms with van der Waals surface area (Å²) < 4.78 is 10.9. The molecule has 5 nitrogen and oxygen atoms in total. The topological polar surface area (TPSA) is 62.2 Å². The van der Waals surface area contributed by atoms with Crippen LogP contribution in [0.1, 0.15) is 0 Å². The van der Waals surface area contributed by atoms with Gasteiger partial charge in [0.05, 0.1) is 12.7 Å². The van der Waals surface area contributed by atoms with Gasteiger partial charge in [-0.1, -0.05) is 0 Å². The molecule has 1 heterocycles. The number of rotatable bonds is 4. The van der Waals surface area contributed by atoms with Gasteiger partial charge in [0.25, 0.3) is 0 Å². The molecular weight excluding hydrogens is 222 g/mol. The zero-order chi connectivity index (χ0) is 12.3. The molecular formula is C12H17NO4. The van der Waals surface area contributed by atoms with E-state index in [-0.39, 0.29) is 6.61 Å². The summed E-state index contributed by atoms with van der Waals surface area (Å²) >= 11 is 0. The van der Waals surface area contributed by atoms with Gasteiger partial charge in [-0.25, -0.2) is 0 Å². The largest absolute Gasteiger partial charge is 0.486 e. The first-order valence-electron chi connectivity index (χ1n) is 5.60. The molecule has 1 aromatic rings. The monoisotopic (exact) mass is 239 g/mol. The molecule has 1 aromatic carbocycles. The molecule has 1 atom stereocenters. The number of benzene rings is 1. The molecule has 0 saturated heterocycles. The van der Waals surface area contributed by atoms with Crippen LogP contribution in [0.15, 0.2) is 18.2 Å². The fourth-order valence-electron chi connectivity index (χ4n) is 1.75. The van der Waals surface area contributed by atoms with Crippen molar-refractivity contribution in [1.29, 1.82) is 0 Å². The van der Waals surface area contributed by atoms with Gasteiger partial charge in [-0.2, -0.15) is 0 Å². The smallest absolute Gasteiger partial charge is 0.163 e.